The Labute approximate surface area is 187 Å². The zero-order valence-corrected chi connectivity index (χ0v) is 18.5. The van der Waals surface area contributed by atoms with E-state index in [0.717, 1.165) is 31.9 Å². The molecule has 0 fully saturated rings. The summed E-state index contributed by atoms with van der Waals surface area (Å²) in [5.74, 6) is 1.04. The summed E-state index contributed by atoms with van der Waals surface area (Å²) in [5.41, 5.74) is 3.60. The van der Waals surface area contributed by atoms with E-state index in [0.29, 0.717) is 10.8 Å². The quantitative estimate of drug-likeness (QED) is 0.397. The highest BCUT2D eigenvalue weighted by Gasteiger charge is 2.18. The molecule has 1 atom stereocenters. The fraction of sp³-hybridized carbons (Fsp3) is 0.136. The van der Waals surface area contributed by atoms with Crippen LogP contribution in [0.4, 0.5) is 15.8 Å². The summed E-state index contributed by atoms with van der Waals surface area (Å²) in [6.07, 6.45) is -0.0330. The van der Waals surface area contributed by atoms with Gasteiger partial charge in [-0.1, -0.05) is 23.7 Å². The molecule has 4 nitrogen and oxygen atoms in total. The smallest absolute Gasteiger partial charge is 0.138 e. The van der Waals surface area contributed by atoms with Crippen LogP contribution in [0.5, 0.6) is 5.75 Å². The van der Waals surface area contributed by atoms with Gasteiger partial charge in [0, 0.05) is 20.5 Å². The average Bonchev–Trinajstić information content (AvgIpc) is 2.68. The molecular formula is C22H18ClFIN3O. The highest BCUT2D eigenvalue weighted by Crippen LogP contribution is 2.30. The normalized spacial score (nSPS) is 15.2. The van der Waals surface area contributed by atoms with E-state index >= 15 is 0 Å². The lowest BCUT2D eigenvalue weighted by molar-refractivity contribution is 0.306. The number of rotatable bonds is 4. The van der Waals surface area contributed by atoms with Gasteiger partial charge in [0.2, 0.25) is 0 Å². The maximum absolute atomic E-state index is 13.3. The minimum Gasteiger partial charge on any atom is -0.487 e. The lowest BCUT2D eigenvalue weighted by Gasteiger charge is -2.24. The number of benzene rings is 3. The molecular weight excluding hydrogens is 504 g/mol. The monoisotopic (exact) mass is 521 g/mol. The molecule has 0 radical (unpaired) electrons. The molecule has 0 saturated carbocycles. The van der Waals surface area contributed by atoms with Gasteiger partial charge in [0.15, 0.2) is 0 Å². The number of nitrogens with one attached hydrogen (secondary N) is 2. The summed E-state index contributed by atoms with van der Waals surface area (Å²) >= 11 is 8.69. The first-order valence-corrected chi connectivity index (χ1v) is 10.5. The molecule has 29 heavy (non-hydrogen) atoms. The Morgan fingerprint density at radius 1 is 1.17 bits per heavy atom. The van der Waals surface area contributed by atoms with Crippen LogP contribution in [0.1, 0.15) is 18.1 Å². The highest BCUT2D eigenvalue weighted by atomic mass is 127. The van der Waals surface area contributed by atoms with Crippen molar-refractivity contribution in [2.24, 2.45) is 4.99 Å². The number of ether oxygens (including phenoxy) is 1. The van der Waals surface area contributed by atoms with Gasteiger partial charge in [0.1, 0.15) is 30.2 Å². The number of hydrogen-bond acceptors (Lipinski definition) is 4. The van der Waals surface area contributed by atoms with Crippen LogP contribution in [-0.2, 0) is 6.61 Å². The first kappa shape index (κ1) is 20.0. The summed E-state index contributed by atoms with van der Waals surface area (Å²) in [7, 11) is 0. The van der Waals surface area contributed by atoms with Crippen molar-refractivity contribution in [3.63, 3.8) is 0 Å². The number of halogens is 3. The van der Waals surface area contributed by atoms with Crippen LogP contribution in [0.2, 0.25) is 5.02 Å². The van der Waals surface area contributed by atoms with Crippen molar-refractivity contribution in [1.82, 2.24) is 0 Å². The zero-order chi connectivity index (χ0) is 20.4. The first-order chi connectivity index (χ1) is 14.0. The summed E-state index contributed by atoms with van der Waals surface area (Å²) in [6.45, 7) is 2.24. The second-order valence-corrected chi connectivity index (χ2v) is 8.33. The van der Waals surface area contributed by atoms with Crippen LogP contribution in [-0.4, -0.2) is 12.0 Å². The molecule has 0 amide bonds. The van der Waals surface area contributed by atoms with Gasteiger partial charge < -0.3 is 15.4 Å². The fourth-order valence-electron chi connectivity index (χ4n) is 3.08. The molecule has 0 bridgehead atoms. The molecule has 3 aromatic carbocycles. The van der Waals surface area contributed by atoms with Crippen molar-refractivity contribution in [1.29, 1.82) is 0 Å². The van der Waals surface area contributed by atoms with Gasteiger partial charge in [-0.25, -0.2) is 9.38 Å². The topological polar surface area (TPSA) is 45.7 Å². The minimum atomic E-state index is -0.288. The van der Waals surface area contributed by atoms with Crippen LogP contribution >= 0.6 is 34.2 Å². The Morgan fingerprint density at radius 3 is 2.83 bits per heavy atom. The number of anilines is 2. The van der Waals surface area contributed by atoms with Gasteiger partial charge in [0.05, 0.1) is 5.02 Å². The van der Waals surface area contributed by atoms with Crippen LogP contribution < -0.4 is 15.4 Å². The first-order valence-electron chi connectivity index (χ1n) is 9.06. The zero-order valence-electron chi connectivity index (χ0n) is 15.5. The van der Waals surface area contributed by atoms with Crippen molar-refractivity contribution in [2.45, 2.75) is 19.7 Å². The molecule has 0 aliphatic carbocycles. The molecule has 0 spiro atoms. The van der Waals surface area contributed by atoms with Gasteiger partial charge in [-0.2, -0.15) is 0 Å². The lowest BCUT2D eigenvalue weighted by atomic mass is 10.1. The highest BCUT2D eigenvalue weighted by molar-refractivity contribution is 14.1. The van der Waals surface area contributed by atoms with E-state index in [1.54, 1.807) is 18.2 Å². The molecule has 1 unspecified atom stereocenters. The number of nitrogens with zero attached hydrogens (tertiary/aromatic N) is 1. The Morgan fingerprint density at radius 2 is 2.03 bits per heavy atom. The van der Waals surface area contributed by atoms with E-state index in [-0.39, 0.29) is 18.6 Å². The molecule has 7 heteroatoms. The molecule has 1 aliphatic rings. The van der Waals surface area contributed by atoms with Crippen LogP contribution in [0, 0.1) is 9.39 Å². The Kier molecular flexibility index (Phi) is 5.91. The Balaban J connectivity index is 1.50. The number of hydrogen-bond donors (Lipinski definition) is 2. The molecule has 1 heterocycles. The molecule has 4 rings (SSSR count). The molecule has 2 N–H and O–H groups in total. The van der Waals surface area contributed by atoms with Gasteiger partial charge in [0.25, 0.3) is 0 Å². The van der Waals surface area contributed by atoms with Crippen LogP contribution in [0.15, 0.2) is 65.7 Å². The third-order valence-electron chi connectivity index (χ3n) is 4.40. The molecule has 3 aromatic rings. The number of fused-ring (bicyclic) bond motifs is 1. The van der Waals surface area contributed by atoms with E-state index in [9.17, 15) is 4.39 Å². The van der Waals surface area contributed by atoms with Gasteiger partial charge in [-0.15, -0.1) is 0 Å². The van der Waals surface area contributed by atoms with E-state index in [1.807, 2.05) is 19.1 Å². The standard InChI is InChI=1S/C22H18ClFIN3O/c1-13-26-20-7-5-16(25)10-18(20)22(27-13)28-17-6-8-21(19(23)11-17)29-12-14-3-2-4-15(24)9-14/h2-11,13,26H,12H2,1H3,(H,27,28). The number of aliphatic imine (C=N–C) groups is 1. The van der Waals surface area contributed by atoms with E-state index in [4.69, 9.17) is 16.3 Å². The SMILES string of the molecule is CC1N=C(Nc2ccc(OCc3cccc(F)c3)c(Cl)c2)c2cc(I)ccc2N1. The maximum Gasteiger partial charge on any atom is 0.138 e. The maximum atomic E-state index is 13.3. The van der Waals surface area contributed by atoms with Gasteiger partial charge in [-0.3, -0.25) is 0 Å². The summed E-state index contributed by atoms with van der Waals surface area (Å²) in [5, 5.41) is 7.19. The van der Waals surface area contributed by atoms with Crippen molar-refractivity contribution in [3.8, 4) is 5.75 Å². The molecule has 148 valence electrons. The second-order valence-electron chi connectivity index (χ2n) is 6.68. The summed E-state index contributed by atoms with van der Waals surface area (Å²) in [6, 6.07) is 18.0. The molecule has 0 aromatic heterocycles. The predicted molar refractivity (Wildman–Crippen MR) is 125 cm³/mol. The Hall–Kier alpha value is -2.32. The van der Waals surface area contributed by atoms with Crippen LogP contribution in [0.3, 0.4) is 0 Å². The third kappa shape index (κ3) is 4.82. The second kappa shape index (κ2) is 8.59. The van der Waals surface area contributed by atoms with Crippen molar-refractivity contribution >= 4 is 51.4 Å². The molecule has 0 saturated heterocycles. The van der Waals surface area contributed by atoms with Crippen molar-refractivity contribution < 1.29 is 9.13 Å². The number of amidine groups is 1. The fourth-order valence-corrected chi connectivity index (χ4v) is 3.80. The summed E-state index contributed by atoms with van der Waals surface area (Å²) < 4.78 is 20.2. The van der Waals surface area contributed by atoms with Crippen LogP contribution in [0.25, 0.3) is 0 Å². The van der Waals surface area contributed by atoms with Crippen molar-refractivity contribution in [3.05, 3.63) is 86.2 Å². The third-order valence-corrected chi connectivity index (χ3v) is 5.37. The predicted octanol–water partition coefficient (Wildman–Crippen LogP) is 6.29. The van der Waals surface area contributed by atoms with E-state index < -0.39 is 0 Å². The van der Waals surface area contributed by atoms with Gasteiger partial charge >= 0.3 is 0 Å². The van der Waals surface area contributed by atoms with Crippen molar-refractivity contribution in [2.75, 3.05) is 10.6 Å². The largest absolute Gasteiger partial charge is 0.487 e. The van der Waals surface area contributed by atoms with E-state index in [1.165, 1.54) is 12.1 Å². The van der Waals surface area contributed by atoms with E-state index in [2.05, 4.69) is 56.4 Å². The minimum absolute atomic E-state index is 0.0330. The lowest BCUT2D eigenvalue weighted by Crippen LogP contribution is -2.27. The molecule has 1 aliphatic heterocycles. The average molecular weight is 522 g/mol. The Bertz CT molecular complexity index is 1090. The van der Waals surface area contributed by atoms with Gasteiger partial charge in [-0.05, 0) is 83.6 Å². The summed E-state index contributed by atoms with van der Waals surface area (Å²) in [4.78, 5) is 4.68.